The van der Waals surface area contributed by atoms with Gasteiger partial charge in [-0.1, -0.05) is 26.0 Å². The Kier molecular flexibility index (Phi) is 3.71. The number of ether oxygens (including phenoxy) is 1. The average Bonchev–Trinajstić information content (AvgIpc) is 2.08. The van der Waals surface area contributed by atoms with Crippen LogP contribution in [0.4, 0.5) is 0 Å². The Labute approximate surface area is 91.4 Å². The first-order chi connectivity index (χ1) is 6.11. The molecule has 0 atom stereocenters. The fraction of sp³-hybridized carbons (Fsp3) is 0.300. The Balaban J connectivity index is 2.75. The van der Waals surface area contributed by atoms with Crippen LogP contribution in [0.15, 0.2) is 24.3 Å². The van der Waals surface area contributed by atoms with Gasteiger partial charge in [0.2, 0.25) is 0 Å². The van der Waals surface area contributed by atoms with Crippen molar-refractivity contribution in [2.45, 2.75) is 13.8 Å². The van der Waals surface area contributed by atoms with Gasteiger partial charge in [0.05, 0.1) is 9.49 Å². The van der Waals surface area contributed by atoms with Gasteiger partial charge in [-0.3, -0.25) is 4.79 Å². The van der Waals surface area contributed by atoms with E-state index < -0.39 is 0 Å². The number of hydrogen-bond acceptors (Lipinski definition) is 2. The lowest BCUT2D eigenvalue weighted by atomic mass is 10.2. The van der Waals surface area contributed by atoms with Crippen LogP contribution < -0.4 is 4.74 Å². The summed E-state index contributed by atoms with van der Waals surface area (Å²) in [5.74, 6) is 0.363. The number of benzene rings is 1. The summed E-state index contributed by atoms with van der Waals surface area (Å²) in [5.41, 5.74) is 0. The van der Waals surface area contributed by atoms with Crippen molar-refractivity contribution in [1.29, 1.82) is 0 Å². The maximum absolute atomic E-state index is 11.2. The van der Waals surface area contributed by atoms with E-state index in [1.54, 1.807) is 6.07 Å². The molecule has 1 aromatic rings. The molecule has 0 bridgehead atoms. The van der Waals surface area contributed by atoms with Gasteiger partial charge in [0, 0.05) is 0 Å². The molecule has 13 heavy (non-hydrogen) atoms. The molecular weight excluding hydrogens is 279 g/mol. The quantitative estimate of drug-likeness (QED) is 0.475. The zero-order valence-corrected chi connectivity index (χ0v) is 9.74. The van der Waals surface area contributed by atoms with Crippen LogP contribution in [0.2, 0.25) is 0 Å². The molecule has 0 radical (unpaired) electrons. The van der Waals surface area contributed by atoms with E-state index in [2.05, 4.69) is 22.6 Å². The molecule has 0 unspecified atom stereocenters. The van der Waals surface area contributed by atoms with E-state index in [-0.39, 0.29) is 11.9 Å². The Morgan fingerprint density at radius 1 is 1.38 bits per heavy atom. The highest BCUT2D eigenvalue weighted by Gasteiger charge is 2.10. The first-order valence-electron chi connectivity index (χ1n) is 4.07. The minimum atomic E-state index is -0.191. The third-order valence-electron chi connectivity index (χ3n) is 1.52. The van der Waals surface area contributed by atoms with Gasteiger partial charge in [-0.15, -0.1) is 0 Å². The van der Waals surface area contributed by atoms with E-state index >= 15 is 0 Å². The molecule has 0 saturated heterocycles. The van der Waals surface area contributed by atoms with Crippen molar-refractivity contribution >= 4 is 28.6 Å². The van der Waals surface area contributed by atoms with Crippen LogP contribution in [0.3, 0.4) is 0 Å². The van der Waals surface area contributed by atoms with E-state index in [0.29, 0.717) is 5.75 Å². The SMILES string of the molecule is CC(C)C(=O)Oc1ccccc1I. The molecule has 2 nitrogen and oxygen atoms in total. The van der Waals surface area contributed by atoms with Crippen molar-refractivity contribution in [3.05, 3.63) is 27.8 Å². The van der Waals surface area contributed by atoms with Gasteiger partial charge in [0.15, 0.2) is 0 Å². The first-order valence-corrected chi connectivity index (χ1v) is 5.15. The van der Waals surface area contributed by atoms with Crippen molar-refractivity contribution in [2.75, 3.05) is 0 Å². The highest BCUT2D eigenvalue weighted by Crippen LogP contribution is 2.20. The monoisotopic (exact) mass is 290 g/mol. The maximum Gasteiger partial charge on any atom is 0.313 e. The molecule has 0 amide bonds. The Hall–Kier alpha value is -0.580. The molecule has 0 N–H and O–H groups in total. The second-order valence-corrected chi connectivity index (χ2v) is 4.17. The zero-order chi connectivity index (χ0) is 9.84. The number of rotatable bonds is 2. The lowest BCUT2D eigenvalue weighted by molar-refractivity contribution is -0.137. The van der Waals surface area contributed by atoms with Crippen molar-refractivity contribution in [1.82, 2.24) is 0 Å². The van der Waals surface area contributed by atoms with Gasteiger partial charge in [-0.2, -0.15) is 0 Å². The second-order valence-electron chi connectivity index (χ2n) is 3.01. The van der Waals surface area contributed by atoms with Gasteiger partial charge < -0.3 is 4.74 Å². The van der Waals surface area contributed by atoms with Crippen LogP contribution in [0.25, 0.3) is 0 Å². The molecule has 0 aromatic heterocycles. The molecule has 3 heteroatoms. The zero-order valence-electron chi connectivity index (χ0n) is 7.58. The number of carbonyl (C=O) groups is 1. The number of hydrogen-bond donors (Lipinski definition) is 0. The van der Waals surface area contributed by atoms with Crippen LogP contribution in [0, 0.1) is 9.49 Å². The van der Waals surface area contributed by atoms with Crippen LogP contribution >= 0.6 is 22.6 Å². The van der Waals surface area contributed by atoms with E-state index in [1.165, 1.54) is 0 Å². The Morgan fingerprint density at radius 2 is 2.00 bits per heavy atom. The summed E-state index contributed by atoms with van der Waals surface area (Å²) in [4.78, 5) is 11.2. The molecule has 1 rings (SSSR count). The number of esters is 1. The van der Waals surface area contributed by atoms with Crippen molar-refractivity contribution in [3.63, 3.8) is 0 Å². The minimum Gasteiger partial charge on any atom is -0.425 e. The van der Waals surface area contributed by atoms with Crippen molar-refractivity contribution < 1.29 is 9.53 Å². The molecule has 0 spiro atoms. The number of halogens is 1. The van der Waals surface area contributed by atoms with Gasteiger partial charge in [-0.25, -0.2) is 0 Å². The van der Waals surface area contributed by atoms with Gasteiger partial charge in [0.1, 0.15) is 5.75 Å². The summed E-state index contributed by atoms with van der Waals surface area (Å²) in [7, 11) is 0. The topological polar surface area (TPSA) is 26.3 Å². The lowest BCUT2D eigenvalue weighted by Crippen LogP contribution is -2.15. The molecule has 0 heterocycles. The second kappa shape index (κ2) is 4.60. The van der Waals surface area contributed by atoms with E-state index in [1.807, 2.05) is 32.0 Å². The highest BCUT2D eigenvalue weighted by atomic mass is 127. The normalized spacial score (nSPS) is 10.2. The predicted octanol–water partition coefficient (Wildman–Crippen LogP) is 2.85. The summed E-state index contributed by atoms with van der Waals surface area (Å²) in [5, 5.41) is 0. The molecule has 0 saturated carbocycles. The molecule has 0 fully saturated rings. The van der Waals surface area contributed by atoms with Gasteiger partial charge in [0.25, 0.3) is 0 Å². The van der Waals surface area contributed by atoms with E-state index in [9.17, 15) is 4.79 Å². The van der Waals surface area contributed by atoms with Gasteiger partial charge in [-0.05, 0) is 34.7 Å². The Morgan fingerprint density at radius 3 is 2.54 bits per heavy atom. The lowest BCUT2D eigenvalue weighted by Gasteiger charge is -2.07. The summed E-state index contributed by atoms with van der Waals surface area (Å²) in [6.45, 7) is 3.64. The molecule has 0 aliphatic carbocycles. The molecule has 0 aliphatic heterocycles. The summed E-state index contributed by atoms with van der Waals surface area (Å²) in [6, 6.07) is 7.46. The summed E-state index contributed by atoms with van der Waals surface area (Å²) in [6.07, 6.45) is 0. The third-order valence-corrected chi connectivity index (χ3v) is 2.41. The number of para-hydroxylation sites is 1. The Bertz CT molecular complexity index is 308. The molecule has 1 aromatic carbocycles. The third kappa shape index (κ3) is 2.99. The van der Waals surface area contributed by atoms with Crippen molar-refractivity contribution in [3.8, 4) is 5.75 Å². The van der Waals surface area contributed by atoms with E-state index in [4.69, 9.17) is 4.74 Å². The molecule has 0 aliphatic rings. The summed E-state index contributed by atoms with van der Waals surface area (Å²) < 4.78 is 6.11. The maximum atomic E-state index is 11.2. The van der Waals surface area contributed by atoms with E-state index in [0.717, 1.165) is 3.57 Å². The highest BCUT2D eigenvalue weighted by molar-refractivity contribution is 14.1. The fourth-order valence-corrected chi connectivity index (χ4v) is 1.25. The fourth-order valence-electron chi connectivity index (χ4n) is 0.754. The molecule has 70 valence electrons. The first kappa shape index (κ1) is 10.5. The van der Waals surface area contributed by atoms with Crippen LogP contribution in [-0.2, 0) is 4.79 Å². The van der Waals surface area contributed by atoms with Crippen LogP contribution in [0.1, 0.15) is 13.8 Å². The molecular formula is C10H11IO2. The van der Waals surface area contributed by atoms with Crippen LogP contribution in [0.5, 0.6) is 5.75 Å². The average molecular weight is 290 g/mol. The summed E-state index contributed by atoms with van der Waals surface area (Å²) >= 11 is 2.14. The minimum absolute atomic E-state index is 0.0870. The van der Waals surface area contributed by atoms with Gasteiger partial charge >= 0.3 is 5.97 Å². The number of carbonyl (C=O) groups excluding carboxylic acids is 1. The van der Waals surface area contributed by atoms with Crippen molar-refractivity contribution in [2.24, 2.45) is 5.92 Å². The van der Waals surface area contributed by atoms with Crippen LogP contribution in [-0.4, -0.2) is 5.97 Å². The predicted molar refractivity (Wildman–Crippen MR) is 59.6 cm³/mol. The largest absolute Gasteiger partial charge is 0.425 e. The standard InChI is InChI=1S/C10H11IO2/c1-7(2)10(12)13-9-6-4-3-5-8(9)11/h3-7H,1-2H3. The smallest absolute Gasteiger partial charge is 0.313 e.